The first-order chi connectivity index (χ1) is 5.11. The van der Waals surface area contributed by atoms with E-state index in [0.717, 1.165) is 19.0 Å². The van der Waals surface area contributed by atoms with Gasteiger partial charge < -0.3 is 4.90 Å². The molecule has 0 N–H and O–H groups in total. The fraction of sp³-hybridized carbons (Fsp3) is 0.889. The molecule has 2 atom stereocenters. The third-order valence-corrected chi connectivity index (χ3v) is 2.78. The molecule has 2 heteroatoms. The van der Waals surface area contributed by atoms with Gasteiger partial charge in [-0.2, -0.15) is 0 Å². The minimum Gasteiger partial charge on any atom is -0.343 e. The van der Waals surface area contributed by atoms with E-state index in [-0.39, 0.29) is 5.91 Å². The number of rotatable bonds is 0. The maximum atomic E-state index is 11.0. The van der Waals surface area contributed by atoms with E-state index in [1.165, 1.54) is 6.42 Å². The Morgan fingerprint density at radius 3 is 2.45 bits per heavy atom. The molecule has 0 unspecified atom stereocenters. The largest absolute Gasteiger partial charge is 0.343 e. The molecule has 1 heterocycles. The van der Waals surface area contributed by atoms with Crippen molar-refractivity contribution < 1.29 is 4.79 Å². The molecule has 0 radical (unpaired) electrons. The van der Waals surface area contributed by atoms with Crippen LogP contribution in [-0.4, -0.2) is 23.9 Å². The van der Waals surface area contributed by atoms with Crippen molar-refractivity contribution in [3.8, 4) is 0 Å². The van der Waals surface area contributed by atoms with Crippen LogP contribution in [0.2, 0.25) is 0 Å². The molecule has 64 valence electrons. The van der Waals surface area contributed by atoms with Crippen molar-refractivity contribution in [1.82, 2.24) is 4.90 Å². The molecule has 1 saturated heterocycles. The van der Waals surface area contributed by atoms with Crippen LogP contribution in [-0.2, 0) is 4.79 Å². The Bertz CT molecular complexity index is 156. The van der Waals surface area contributed by atoms with E-state index in [0.29, 0.717) is 5.92 Å². The third-order valence-electron chi connectivity index (χ3n) is 2.78. The van der Waals surface area contributed by atoms with Gasteiger partial charge in [0.05, 0.1) is 0 Å². The number of carbonyl (C=O) groups is 1. The standard InChI is InChI=1S/C9H17NO/c1-7-4-5-10(9(3)11)6-8(7)2/h7-8H,4-6H2,1-3H3/t7-,8-/m1/s1. The van der Waals surface area contributed by atoms with E-state index in [1.807, 2.05) is 4.90 Å². The van der Waals surface area contributed by atoms with Crippen LogP contribution < -0.4 is 0 Å². The zero-order chi connectivity index (χ0) is 8.43. The second-order valence-electron chi connectivity index (χ2n) is 3.71. The van der Waals surface area contributed by atoms with Crippen LogP contribution in [0.5, 0.6) is 0 Å². The summed E-state index contributed by atoms with van der Waals surface area (Å²) in [4.78, 5) is 12.9. The van der Waals surface area contributed by atoms with Gasteiger partial charge in [-0.1, -0.05) is 13.8 Å². The first-order valence-corrected chi connectivity index (χ1v) is 4.36. The second-order valence-corrected chi connectivity index (χ2v) is 3.71. The summed E-state index contributed by atoms with van der Waals surface area (Å²) in [5.74, 6) is 1.68. The molecule has 0 saturated carbocycles. The maximum absolute atomic E-state index is 11.0. The highest BCUT2D eigenvalue weighted by molar-refractivity contribution is 5.73. The lowest BCUT2D eigenvalue weighted by Crippen LogP contribution is -2.40. The fourth-order valence-electron chi connectivity index (χ4n) is 1.55. The van der Waals surface area contributed by atoms with Crippen LogP contribution >= 0.6 is 0 Å². The zero-order valence-corrected chi connectivity index (χ0v) is 7.63. The van der Waals surface area contributed by atoms with Crippen LogP contribution in [0, 0.1) is 11.8 Å². The van der Waals surface area contributed by atoms with Crippen molar-refractivity contribution in [2.45, 2.75) is 27.2 Å². The summed E-state index contributed by atoms with van der Waals surface area (Å²) in [6.07, 6.45) is 1.17. The van der Waals surface area contributed by atoms with Gasteiger partial charge in [-0.05, 0) is 18.3 Å². The lowest BCUT2D eigenvalue weighted by molar-refractivity contribution is -0.131. The summed E-state index contributed by atoms with van der Waals surface area (Å²) in [6.45, 7) is 8.06. The Hall–Kier alpha value is -0.530. The molecule has 2 nitrogen and oxygen atoms in total. The Balaban J connectivity index is 2.46. The molecule has 1 aliphatic heterocycles. The average Bonchev–Trinajstić information content (AvgIpc) is 1.94. The summed E-state index contributed by atoms with van der Waals surface area (Å²) >= 11 is 0. The van der Waals surface area contributed by atoms with Crippen molar-refractivity contribution in [3.05, 3.63) is 0 Å². The average molecular weight is 155 g/mol. The van der Waals surface area contributed by atoms with Gasteiger partial charge >= 0.3 is 0 Å². The summed E-state index contributed by atoms with van der Waals surface area (Å²) in [5, 5.41) is 0. The summed E-state index contributed by atoms with van der Waals surface area (Å²) in [7, 11) is 0. The number of hydrogen-bond donors (Lipinski definition) is 0. The summed E-state index contributed by atoms with van der Waals surface area (Å²) < 4.78 is 0. The molecule has 11 heavy (non-hydrogen) atoms. The molecule has 0 aromatic rings. The Labute approximate surface area is 68.6 Å². The van der Waals surface area contributed by atoms with Crippen LogP contribution in [0.1, 0.15) is 27.2 Å². The van der Waals surface area contributed by atoms with Gasteiger partial charge in [-0.3, -0.25) is 4.79 Å². The number of hydrogen-bond acceptors (Lipinski definition) is 1. The summed E-state index contributed by atoms with van der Waals surface area (Å²) in [5.41, 5.74) is 0. The number of carbonyl (C=O) groups excluding carboxylic acids is 1. The molecule has 1 fully saturated rings. The van der Waals surface area contributed by atoms with Gasteiger partial charge in [0.15, 0.2) is 0 Å². The van der Waals surface area contributed by atoms with Gasteiger partial charge in [0.25, 0.3) is 0 Å². The Morgan fingerprint density at radius 2 is 2.00 bits per heavy atom. The predicted octanol–water partition coefficient (Wildman–Crippen LogP) is 1.51. The van der Waals surface area contributed by atoms with E-state index < -0.39 is 0 Å². The van der Waals surface area contributed by atoms with Crippen LogP contribution in [0.15, 0.2) is 0 Å². The molecule has 1 amide bonds. The van der Waals surface area contributed by atoms with Crippen LogP contribution in [0.3, 0.4) is 0 Å². The van der Waals surface area contributed by atoms with Gasteiger partial charge in [-0.15, -0.1) is 0 Å². The van der Waals surface area contributed by atoms with Gasteiger partial charge in [-0.25, -0.2) is 0 Å². The topological polar surface area (TPSA) is 20.3 Å². The minimum atomic E-state index is 0.226. The van der Waals surface area contributed by atoms with Gasteiger partial charge in [0.2, 0.25) is 5.91 Å². The second kappa shape index (κ2) is 3.24. The monoisotopic (exact) mass is 155 g/mol. The van der Waals surface area contributed by atoms with Crippen molar-refractivity contribution in [1.29, 1.82) is 0 Å². The number of likely N-dealkylation sites (tertiary alicyclic amines) is 1. The third kappa shape index (κ3) is 1.95. The van der Waals surface area contributed by atoms with E-state index in [9.17, 15) is 4.79 Å². The highest BCUT2D eigenvalue weighted by Gasteiger charge is 2.23. The molecule has 0 aromatic heterocycles. The lowest BCUT2D eigenvalue weighted by Gasteiger charge is -2.34. The summed E-state index contributed by atoms with van der Waals surface area (Å²) in [6, 6.07) is 0. The molecule has 0 bridgehead atoms. The number of piperidine rings is 1. The molecule has 1 aliphatic rings. The predicted molar refractivity (Wildman–Crippen MR) is 45.2 cm³/mol. The quantitative estimate of drug-likeness (QED) is 0.519. The molecule has 0 aromatic carbocycles. The highest BCUT2D eigenvalue weighted by atomic mass is 16.2. The van der Waals surface area contributed by atoms with E-state index in [4.69, 9.17) is 0 Å². The number of amides is 1. The van der Waals surface area contributed by atoms with Crippen molar-refractivity contribution in [2.75, 3.05) is 13.1 Å². The first kappa shape index (κ1) is 8.57. The minimum absolute atomic E-state index is 0.226. The zero-order valence-electron chi connectivity index (χ0n) is 7.63. The SMILES string of the molecule is CC(=O)N1CC[C@@H](C)[C@H](C)C1. The normalized spacial score (nSPS) is 32.1. The van der Waals surface area contributed by atoms with Gasteiger partial charge in [0, 0.05) is 20.0 Å². The van der Waals surface area contributed by atoms with Crippen LogP contribution in [0.25, 0.3) is 0 Å². The molecular weight excluding hydrogens is 138 g/mol. The molecule has 0 spiro atoms. The molecule has 0 aliphatic carbocycles. The fourth-order valence-corrected chi connectivity index (χ4v) is 1.55. The molecular formula is C9H17NO. The van der Waals surface area contributed by atoms with E-state index in [1.54, 1.807) is 6.92 Å². The van der Waals surface area contributed by atoms with Crippen molar-refractivity contribution >= 4 is 5.91 Å². The van der Waals surface area contributed by atoms with E-state index in [2.05, 4.69) is 13.8 Å². The van der Waals surface area contributed by atoms with E-state index >= 15 is 0 Å². The van der Waals surface area contributed by atoms with Crippen LogP contribution in [0.4, 0.5) is 0 Å². The van der Waals surface area contributed by atoms with Crippen molar-refractivity contribution in [3.63, 3.8) is 0 Å². The Kier molecular flexibility index (Phi) is 2.53. The lowest BCUT2D eigenvalue weighted by atomic mass is 9.89. The van der Waals surface area contributed by atoms with Gasteiger partial charge in [0.1, 0.15) is 0 Å². The van der Waals surface area contributed by atoms with Crippen molar-refractivity contribution in [2.24, 2.45) is 11.8 Å². The first-order valence-electron chi connectivity index (χ1n) is 4.36. The highest BCUT2D eigenvalue weighted by Crippen LogP contribution is 2.21. The molecule has 1 rings (SSSR count). The Morgan fingerprint density at radius 1 is 1.36 bits per heavy atom. The smallest absolute Gasteiger partial charge is 0.219 e. The maximum Gasteiger partial charge on any atom is 0.219 e. The number of nitrogens with zero attached hydrogens (tertiary/aromatic N) is 1.